The van der Waals surface area contributed by atoms with Crippen molar-refractivity contribution in [1.29, 1.82) is 0 Å². The number of carbonyl (C=O) groups is 3. The predicted octanol–water partition coefficient (Wildman–Crippen LogP) is 4.74. The van der Waals surface area contributed by atoms with Crippen molar-refractivity contribution in [3.63, 3.8) is 0 Å². The Bertz CT molecular complexity index is 1540. The molecule has 0 radical (unpaired) electrons. The SMILES string of the molecule is CCOc1ccc(NC(=O)[C@@H]2[C@H]3C(=O)N([C@@H](CC)CO)C(C(=O)Nc4ccc5ccccc5c4)C34CC[C@@]2(CC)O4)cc1. The molecule has 3 aliphatic heterocycles. The molecule has 3 aliphatic rings. The van der Waals surface area contributed by atoms with Crippen molar-refractivity contribution in [3.05, 3.63) is 66.7 Å². The minimum atomic E-state index is -1.18. The van der Waals surface area contributed by atoms with Crippen LogP contribution < -0.4 is 15.4 Å². The van der Waals surface area contributed by atoms with Crippen molar-refractivity contribution in [2.45, 2.75) is 69.7 Å². The third-order valence-electron chi connectivity index (χ3n) is 9.67. The number of nitrogens with one attached hydrogen (secondary N) is 2. The third-order valence-corrected chi connectivity index (χ3v) is 9.67. The van der Waals surface area contributed by atoms with E-state index in [0.717, 1.165) is 10.8 Å². The van der Waals surface area contributed by atoms with Crippen molar-refractivity contribution in [2.75, 3.05) is 23.8 Å². The summed E-state index contributed by atoms with van der Waals surface area (Å²) in [5.74, 6) is -1.94. The molecule has 0 saturated carbocycles. The second-order valence-electron chi connectivity index (χ2n) is 11.8. The first kappa shape index (κ1) is 29.1. The maximum absolute atomic E-state index is 14.4. The molecule has 3 N–H and O–H groups in total. The number of amides is 3. The lowest BCUT2D eigenvalue weighted by Crippen LogP contribution is -2.56. The molecule has 9 nitrogen and oxygen atoms in total. The van der Waals surface area contributed by atoms with E-state index in [1.807, 2.05) is 63.2 Å². The van der Waals surface area contributed by atoms with Gasteiger partial charge in [0.15, 0.2) is 0 Å². The molecule has 3 aromatic carbocycles. The van der Waals surface area contributed by atoms with E-state index in [9.17, 15) is 19.5 Å². The zero-order chi connectivity index (χ0) is 30.4. The molecule has 3 aromatic rings. The number of aliphatic hydroxyl groups excluding tert-OH is 1. The lowest BCUT2D eigenvalue weighted by atomic mass is 9.65. The van der Waals surface area contributed by atoms with Gasteiger partial charge in [0.05, 0.1) is 36.7 Å². The van der Waals surface area contributed by atoms with Gasteiger partial charge in [-0.05, 0) is 79.8 Å². The average molecular weight is 586 g/mol. The number of aliphatic hydroxyl groups is 1. The number of likely N-dealkylation sites (tertiary alicyclic amines) is 1. The van der Waals surface area contributed by atoms with E-state index in [0.29, 0.717) is 49.4 Å². The summed E-state index contributed by atoms with van der Waals surface area (Å²) in [6.45, 7) is 5.98. The van der Waals surface area contributed by atoms with E-state index in [1.54, 1.807) is 24.3 Å². The molecule has 6 rings (SSSR count). The highest BCUT2D eigenvalue weighted by molar-refractivity contribution is 6.06. The van der Waals surface area contributed by atoms with Crippen LogP contribution in [0, 0.1) is 11.8 Å². The number of rotatable bonds is 10. The van der Waals surface area contributed by atoms with Crippen LogP contribution in [-0.2, 0) is 19.1 Å². The van der Waals surface area contributed by atoms with Gasteiger partial charge in [0.1, 0.15) is 17.4 Å². The quantitative estimate of drug-likeness (QED) is 0.317. The molecule has 6 atom stereocenters. The van der Waals surface area contributed by atoms with Gasteiger partial charge in [-0.25, -0.2) is 0 Å². The van der Waals surface area contributed by atoms with Crippen molar-refractivity contribution in [1.82, 2.24) is 4.90 Å². The van der Waals surface area contributed by atoms with Gasteiger partial charge in [0.2, 0.25) is 17.7 Å². The fraction of sp³-hybridized carbons (Fsp3) is 0.441. The highest BCUT2D eigenvalue weighted by Crippen LogP contribution is 2.64. The normalized spacial score (nSPS) is 28.1. The molecule has 0 aliphatic carbocycles. The number of hydrogen-bond donors (Lipinski definition) is 3. The number of anilines is 2. The Hall–Kier alpha value is -3.95. The van der Waals surface area contributed by atoms with Crippen LogP contribution in [0.25, 0.3) is 10.8 Å². The largest absolute Gasteiger partial charge is 0.494 e. The second-order valence-corrected chi connectivity index (χ2v) is 11.8. The van der Waals surface area contributed by atoms with E-state index < -0.39 is 35.1 Å². The molecule has 1 spiro atoms. The van der Waals surface area contributed by atoms with Crippen LogP contribution in [0.2, 0.25) is 0 Å². The lowest BCUT2D eigenvalue weighted by molar-refractivity contribution is -0.148. The van der Waals surface area contributed by atoms with E-state index in [4.69, 9.17) is 9.47 Å². The molecule has 3 heterocycles. The van der Waals surface area contributed by atoms with Crippen molar-refractivity contribution < 1.29 is 29.0 Å². The summed E-state index contributed by atoms with van der Waals surface area (Å²) in [6, 6.07) is 19.1. The molecule has 43 heavy (non-hydrogen) atoms. The Balaban J connectivity index is 1.35. The van der Waals surface area contributed by atoms with Crippen LogP contribution in [0.4, 0.5) is 11.4 Å². The first-order valence-electron chi connectivity index (χ1n) is 15.3. The molecule has 0 aromatic heterocycles. The fourth-order valence-corrected chi connectivity index (χ4v) is 7.66. The number of carbonyl (C=O) groups excluding carboxylic acids is 3. The number of nitrogens with zero attached hydrogens (tertiary/aromatic N) is 1. The Morgan fingerprint density at radius 3 is 2.35 bits per heavy atom. The van der Waals surface area contributed by atoms with E-state index >= 15 is 0 Å². The fourth-order valence-electron chi connectivity index (χ4n) is 7.66. The Morgan fingerprint density at radius 1 is 0.977 bits per heavy atom. The van der Waals surface area contributed by atoms with Crippen LogP contribution >= 0.6 is 0 Å². The Kier molecular flexibility index (Phi) is 7.64. The van der Waals surface area contributed by atoms with Gasteiger partial charge in [-0.3, -0.25) is 14.4 Å². The molecule has 226 valence electrons. The minimum Gasteiger partial charge on any atom is -0.494 e. The highest BCUT2D eigenvalue weighted by atomic mass is 16.5. The predicted molar refractivity (Wildman–Crippen MR) is 164 cm³/mol. The van der Waals surface area contributed by atoms with Crippen molar-refractivity contribution >= 4 is 39.9 Å². The number of fused-ring (bicyclic) bond motifs is 2. The van der Waals surface area contributed by atoms with Crippen LogP contribution in [0.1, 0.15) is 46.5 Å². The summed E-state index contributed by atoms with van der Waals surface area (Å²) in [7, 11) is 0. The first-order chi connectivity index (χ1) is 20.8. The van der Waals surface area contributed by atoms with Crippen LogP contribution in [0.15, 0.2) is 66.7 Å². The van der Waals surface area contributed by atoms with E-state index in [1.165, 1.54) is 4.90 Å². The summed E-state index contributed by atoms with van der Waals surface area (Å²) >= 11 is 0. The monoisotopic (exact) mass is 585 g/mol. The number of ether oxygens (including phenoxy) is 2. The Labute approximate surface area is 251 Å². The zero-order valence-electron chi connectivity index (χ0n) is 24.8. The van der Waals surface area contributed by atoms with Gasteiger partial charge in [0, 0.05) is 11.4 Å². The van der Waals surface area contributed by atoms with Gasteiger partial charge < -0.3 is 30.1 Å². The van der Waals surface area contributed by atoms with Gasteiger partial charge in [-0.2, -0.15) is 0 Å². The summed E-state index contributed by atoms with van der Waals surface area (Å²) in [6.07, 6.45) is 2.00. The molecule has 2 bridgehead atoms. The summed E-state index contributed by atoms with van der Waals surface area (Å²) in [5, 5.41) is 18.4. The van der Waals surface area contributed by atoms with Crippen molar-refractivity contribution in [3.8, 4) is 5.75 Å². The van der Waals surface area contributed by atoms with Gasteiger partial charge in [-0.1, -0.05) is 44.2 Å². The topological polar surface area (TPSA) is 117 Å². The molecular formula is C34H39N3O6. The van der Waals surface area contributed by atoms with Gasteiger partial charge in [-0.15, -0.1) is 0 Å². The van der Waals surface area contributed by atoms with Crippen LogP contribution in [0.3, 0.4) is 0 Å². The minimum absolute atomic E-state index is 0.299. The second kappa shape index (κ2) is 11.3. The molecule has 3 fully saturated rings. The standard InChI is InChI=1S/C34H39N3O6/c1-4-25(20-38)37-29(31(40)36-24-12-11-21-9-7-8-10-22(21)19-24)34-18-17-33(5-2,43-34)27(28(34)32(37)41)30(39)35-23-13-15-26(16-14-23)42-6-3/h7-16,19,25,27-29,38H,4-6,17-18,20H2,1-3H3,(H,35,39)(H,36,40)/t25-,27-,28-,29?,33+,34?/m0/s1. The number of benzene rings is 3. The smallest absolute Gasteiger partial charge is 0.250 e. The Morgan fingerprint density at radius 2 is 1.67 bits per heavy atom. The average Bonchev–Trinajstić information content (AvgIpc) is 3.62. The van der Waals surface area contributed by atoms with Crippen LogP contribution in [-0.4, -0.2) is 64.2 Å². The molecular weight excluding hydrogens is 546 g/mol. The van der Waals surface area contributed by atoms with Crippen LogP contribution in [0.5, 0.6) is 5.75 Å². The summed E-state index contributed by atoms with van der Waals surface area (Å²) in [4.78, 5) is 44.1. The molecule has 9 heteroatoms. The van der Waals surface area contributed by atoms with E-state index in [2.05, 4.69) is 10.6 Å². The maximum atomic E-state index is 14.4. The summed E-state index contributed by atoms with van der Waals surface area (Å²) in [5.41, 5.74) is -0.858. The first-order valence-corrected chi connectivity index (χ1v) is 15.3. The third kappa shape index (κ3) is 4.66. The maximum Gasteiger partial charge on any atom is 0.250 e. The molecule has 3 saturated heterocycles. The zero-order valence-corrected chi connectivity index (χ0v) is 24.8. The molecule has 2 unspecified atom stereocenters. The summed E-state index contributed by atoms with van der Waals surface area (Å²) < 4.78 is 12.4. The lowest BCUT2D eigenvalue weighted by Gasteiger charge is -2.37. The van der Waals surface area contributed by atoms with Gasteiger partial charge >= 0.3 is 0 Å². The number of hydrogen-bond acceptors (Lipinski definition) is 6. The highest BCUT2D eigenvalue weighted by Gasteiger charge is 2.79. The van der Waals surface area contributed by atoms with Gasteiger partial charge in [0.25, 0.3) is 0 Å². The molecule has 3 amide bonds. The van der Waals surface area contributed by atoms with E-state index in [-0.39, 0.29) is 24.3 Å². The van der Waals surface area contributed by atoms with Crippen molar-refractivity contribution in [2.24, 2.45) is 11.8 Å².